The van der Waals surface area contributed by atoms with E-state index in [2.05, 4.69) is 0 Å². The van der Waals surface area contributed by atoms with Crippen LogP contribution < -0.4 is 4.84 Å². The number of nitrogens with zero attached hydrogens (tertiary/aromatic N) is 1. The first-order chi connectivity index (χ1) is 11.2. The molecule has 24 heavy (non-hydrogen) atoms. The third-order valence-corrected chi connectivity index (χ3v) is 3.58. The molecule has 1 fully saturated rings. The molecule has 0 saturated carbocycles. The maximum absolute atomic E-state index is 12.0. The molecule has 1 aromatic rings. The van der Waals surface area contributed by atoms with Crippen LogP contribution in [0.15, 0.2) is 24.3 Å². The Morgan fingerprint density at radius 3 is 2.42 bits per heavy atom. The summed E-state index contributed by atoms with van der Waals surface area (Å²) in [4.78, 5) is 28.6. The lowest BCUT2D eigenvalue weighted by Crippen LogP contribution is -2.47. The highest BCUT2D eigenvalue weighted by Gasteiger charge is 2.38. The average Bonchev–Trinajstić information content (AvgIpc) is 2.93. The fraction of sp³-hybridized carbons (Fsp3) is 0.529. The second-order valence-electron chi connectivity index (χ2n) is 6.75. The SMILES string of the molecule is CC(C)(C)OC(=O)C(O)C1CCCN1Oc1ccc(C(=O)O)cc1. The van der Waals surface area contributed by atoms with E-state index in [-0.39, 0.29) is 5.56 Å². The third kappa shape index (κ3) is 4.69. The summed E-state index contributed by atoms with van der Waals surface area (Å²) < 4.78 is 5.22. The minimum Gasteiger partial charge on any atom is -0.478 e. The van der Waals surface area contributed by atoms with E-state index in [0.717, 1.165) is 6.42 Å². The van der Waals surface area contributed by atoms with Gasteiger partial charge in [-0.1, -0.05) is 0 Å². The molecule has 7 nitrogen and oxygen atoms in total. The van der Waals surface area contributed by atoms with Crippen molar-refractivity contribution in [3.8, 4) is 5.75 Å². The lowest BCUT2D eigenvalue weighted by molar-refractivity contribution is -0.176. The molecule has 2 N–H and O–H groups in total. The van der Waals surface area contributed by atoms with E-state index < -0.39 is 29.7 Å². The molecule has 0 spiro atoms. The maximum Gasteiger partial charge on any atom is 0.337 e. The van der Waals surface area contributed by atoms with Crippen molar-refractivity contribution in [2.24, 2.45) is 0 Å². The zero-order valence-corrected chi connectivity index (χ0v) is 14.1. The van der Waals surface area contributed by atoms with Crippen LogP contribution in [0.4, 0.5) is 0 Å². The highest BCUT2D eigenvalue weighted by molar-refractivity contribution is 5.87. The van der Waals surface area contributed by atoms with Gasteiger partial charge in [0.15, 0.2) is 6.10 Å². The molecule has 1 saturated heterocycles. The van der Waals surface area contributed by atoms with Crippen LogP contribution in [0.25, 0.3) is 0 Å². The van der Waals surface area contributed by atoms with Crippen molar-refractivity contribution in [1.29, 1.82) is 0 Å². The fourth-order valence-electron chi connectivity index (χ4n) is 2.51. The minimum absolute atomic E-state index is 0.161. The topological polar surface area (TPSA) is 96.3 Å². The number of aliphatic hydroxyl groups excluding tert-OH is 1. The normalized spacial score (nSPS) is 19.8. The van der Waals surface area contributed by atoms with E-state index >= 15 is 0 Å². The summed E-state index contributed by atoms with van der Waals surface area (Å²) in [6.07, 6.45) is 0.0794. The van der Waals surface area contributed by atoms with Crippen LogP contribution in [0.3, 0.4) is 0 Å². The summed E-state index contributed by atoms with van der Waals surface area (Å²) >= 11 is 0. The predicted octanol–water partition coefficient (Wildman–Crippen LogP) is 1.85. The van der Waals surface area contributed by atoms with Gasteiger partial charge in [-0.05, 0) is 57.9 Å². The van der Waals surface area contributed by atoms with Gasteiger partial charge < -0.3 is 19.8 Å². The summed E-state index contributed by atoms with van der Waals surface area (Å²) in [5.41, 5.74) is -0.510. The minimum atomic E-state index is -1.30. The molecule has 132 valence electrons. The Hall–Kier alpha value is -2.12. The third-order valence-electron chi connectivity index (χ3n) is 3.58. The Bertz CT molecular complexity index is 592. The van der Waals surface area contributed by atoms with Crippen molar-refractivity contribution in [2.75, 3.05) is 6.54 Å². The summed E-state index contributed by atoms with van der Waals surface area (Å²) in [5, 5.41) is 20.7. The summed E-state index contributed by atoms with van der Waals surface area (Å²) in [5.74, 6) is -1.24. The zero-order chi connectivity index (χ0) is 17.9. The first-order valence-corrected chi connectivity index (χ1v) is 7.86. The molecular weight excluding hydrogens is 314 g/mol. The Morgan fingerprint density at radius 1 is 1.25 bits per heavy atom. The zero-order valence-electron chi connectivity index (χ0n) is 14.1. The molecule has 1 aliphatic heterocycles. The number of carboxylic acid groups (broad SMARTS) is 1. The molecule has 2 unspecified atom stereocenters. The van der Waals surface area contributed by atoms with Gasteiger partial charge in [-0.3, -0.25) is 0 Å². The molecule has 1 heterocycles. The number of hydrogen-bond acceptors (Lipinski definition) is 6. The second-order valence-corrected chi connectivity index (χ2v) is 6.75. The molecule has 0 amide bonds. The number of ether oxygens (including phenoxy) is 1. The Kier molecular flexibility index (Phi) is 5.46. The Labute approximate surface area is 140 Å². The highest BCUT2D eigenvalue weighted by atomic mass is 16.7. The van der Waals surface area contributed by atoms with Crippen molar-refractivity contribution in [3.63, 3.8) is 0 Å². The van der Waals surface area contributed by atoms with Crippen LogP contribution in [0.1, 0.15) is 44.0 Å². The van der Waals surface area contributed by atoms with Crippen LogP contribution in [0.5, 0.6) is 5.75 Å². The average molecular weight is 337 g/mol. The van der Waals surface area contributed by atoms with E-state index in [9.17, 15) is 14.7 Å². The number of rotatable bonds is 5. The van der Waals surface area contributed by atoms with E-state index in [1.54, 1.807) is 38.0 Å². The number of aliphatic hydroxyl groups is 1. The molecule has 2 atom stereocenters. The number of aromatic carboxylic acids is 1. The van der Waals surface area contributed by atoms with Gasteiger partial charge in [-0.15, -0.1) is 5.06 Å². The van der Waals surface area contributed by atoms with Crippen LogP contribution >= 0.6 is 0 Å². The van der Waals surface area contributed by atoms with Gasteiger partial charge in [0.2, 0.25) is 0 Å². The number of hydrogen-bond donors (Lipinski definition) is 2. The number of carbonyl (C=O) groups excluding carboxylic acids is 1. The first kappa shape index (κ1) is 18.2. The quantitative estimate of drug-likeness (QED) is 0.791. The lowest BCUT2D eigenvalue weighted by atomic mass is 10.1. The molecular formula is C17H23NO6. The summed E-state index contributed by atoms with van der Waals surface area (Å²) in [6, 6.07) is 5.45. The van der Waals surface area contributed by atoms with Crippen molar-refractivity contribution < 1.29 is 29.4 Å². The largest absolute Gasteiger partial charge is 0.478 e. The van der Waals surface area contributed by atoms with Crippen LogP contribution in [-0.4, -0.2) is 51.5 Å². The van der Waals surface area contributed by atoms with E-state index in [0.29, 0.717) is 18.7 Å². The number of carboxylic acids is 1. The monoisotopic (exact) mass is 337 g/mol. The van der Waals surface area contributed by atoms with E-state index in [4.69, 9.17) is 14.7 Å². The van der Waals surface area contributed by atoms with E-state index in [1.807, 2.05) is 0 Å². The van der Waals surface area contributed by atoms with Crippen molar-refractivity contribution in [1.82, 2.24) is 5.06 Å². The maximum atomic E-state index is 12.0. The Morgan fingerprint density at radius 2 is 1.88 bits per heavy atom. The predicted molar refractivity (Wildman–Crippen MR) is 85.6 cm³/mol. The summed E-state index contributed by atoms with van der Waals surface area (Å²) in [6.45, 7) is 5.78. The van der Waals surface area contributed by atoms with Gasteiger partial charge >= 0.3 is 11.9 Å². The molecule has 2 rings (SSSR count). The van der Waals surface area contributed by atoms with Gasteiger partial charge in [0, 0.05) is 6.54 Å². The van der Waals surface area contributed by atoms with Gasteiger partial charge in [-0.2, -0.15) is 0 Å². The number of esters is 1. The highest BCUT2D eigenvalue weighted by Crippen LogP contribution is 2.25. The van der Waals surface area contributed by atoms with Gasteiger partial charge in [0.05, 0.1) is 11.6 Å². The molecule has 0 radical (unpaired) electrons. The number of benzene rings is 1. The van der Waals surface area contributed by atoms with Crippen molar-refractivity contribution >= 4 is 11.9 Å². The molecule has 7 heteroatoms. The second kappa shape index (κ2) is 7.19. The molecule has 1 aliphatic rings. The van der Waals surface area contributed by atoms with Crippen LogP contribution in [0.2, 0.25) is 0 Å². The molecule has 0 aromatic heterocycles. The van der Waals surface area contributed by atoms with Crippen LogP contribution in [0, 0.1) is 0 Å². The first-order valence-electron chi connectivity index (χ1n) is 7.86. The van der Waals surface area contributed by atoms with Gasteiger partial charge in [-0.25, -0.2) is 9.59 Å². The fourth-order valence-corrected chi connectivity index (χ4v) is 2.51. The standard InChI is InChI=1S/C17H23NO6/c1-17(2,3)23-16(22)14(19)13-5-4-10-18(13)24-12-8-6-11(7-9-12)15(20)21/h6-9,13-14,19H,4-5,10H2,1-3H3,(H,20,21). The van der Waals surface area contributed by atoms with Crippen molar-refractivity contribution in [3.05, 3.63) is 29.8 Å². The Balaban J connectivity index is 2.02. The smallest absolute Gasteiger partial charge is 0.337 e. The van der Waals surface area contributed by atoms with Crippen molar-refractivity contribution in [2.45, 2.75) is 51.4 Å². The number of carbonyl (C=O) groups is 2. The lowest BCUT2D eigenvalue weighted by Gasteiger charge is -2.29. The van der Waals surface area contributed by atoms with Gasteiger partial charge in [0.25, 0.3) is 0 Å². The summed E-state index contributed by atoms with van der Waals surface area (Å²) in [7, 11) is 0. The van der Waals surface area contributed by atoms with Crippen LogP contribution in [-0.2, 0) is 9.53 Å². The van der Waals surface area contributed by atoms with Gasteiger partial charge in [0.1, 0.15) is 11.4 Å². The number of hydroxylamine groups is 2. The molecule has 0 bridgehead atoms. The molecule has 0 aliphatic carbocycles. The van der Waals surface area contributed by atoms with E-state index in [1.165, 1.54) is 12.1 Å². The molecule has 1 aromatic carbocycles.